The highest BCUT2D eigenvalue weighted by molar-refractivity contribution is 7.87. The van der Waals surface area contributed by atoms with E-state index in [1.54, 1.807) is 0 Å². The van der Waals surface area contributed by atoms with Gasteiger partial charge in [-0.1, -0.05) is 6.92 Å². The maximum atomic E-state index is 12.3. The first kappa shape index (κ1) is 17.7. The van der Waals surface area contributed by atoms with Gasteiger partial charge in [-0.2, -0.15) is 8.42 Å². The lowest BCUT2D eigenvalue weighted by Crippen LogP contribution is -2.48. The predicted octanol–water partition coefficient (Wildman–Crippen LogP) is -0.250. The summed E-state index contributed by atoms with van der Waals surface area (Å²) in [4.78, 5) is 16.5. The fourth-order valence-electron chi connectivity index (χ4n) is 3.24. The fraction of sp³-hybridized carbons (Fsp3) is 0.929. The minimum atomic E-state index is -3.63. The van der Waals surface area contributed by atoms with Crippen molar-refractivity contribution in [1.29, 1.82) is 0 Å². The molecule has 2 aliphatic heterocycles. The number of piperidine rings is 2. The van der Waals surface area contributed by atoms with Crippen LogP contribution in [0.4, 0.5) is 0 Å². The lowest BCUT2D eigenvalue weighted by atomic mass is 9.97. The second-order valence-electron chi connectivity index (χ2n) is 6.70. The van der Waals surface area contributed by atoms with Crippen molar-refractivity contribution < 1.29 is 13.2 Å². The van der Waals surface area contributed by atoms with Crippen molar-refractivity contribution in [1.82, 2.24) is 14.5 Å². The molecule has 0 saturated carbocycles. The second kappa shape index (κ2) is 7.72. The van der Waals surface area contributed by atoms with Crippen LogP contribution in [0.3, 0.4) is 0 Å². The van der Waals surface area contributed by atoms with E-state index in [1.165, 1.54) is 0 Å². The van der Waals surface area contributed by atoms with Crippen molar-refractivity contribution in [3.05, 3.63) is 0 Å². The first-order chi connectivity index (χ1) is 10.3. The van der Waals surface area contributed by atoms with E-state index >= 15 is 0 Å². The number of carbonyl (C=O) groups excluding carboxylic acids is 1. The lowest BCUT2D eigenvalue weighted by molar-refractivity contribution is -0.134. The summed E-state index contributed by atoms with van der Waals surface area (Å²) in [5, 5.41) is 4.96. The minimum Gasteiger partial charge on any atom is -0.342 e. The molecule has 0 aromatic rings. The molecule has 2 fully saturated rings. The van der Waals surface area contributed by atoms with E-state index in [2.05, 4.69) is 16.5 Å². The standard InChI is InChI=1S/C14H28N4O3S/c1-12-4-7-18(8-5-12)14(19)11-17-6-2-3-13(10-17)9-16-22(15,20)21/h12-13,16H,2-11H2,1H3,(H2,15,20,21). The number of nitrogens with zero attached hydrogens (tertiary/aromatic N) is 2. The molecule has 2 saturated heterocycles. The number of hydrogen-bond donors (Lipinski definition) is 2. The van der Waals surface area contributed by atoms with Crippen LogP contribution >= 0.6 is 0 Å². The molecule has 8 heteroatoms. The number of likely N-dealkylation sites (tertiary alicyclic amines) is 2. The number of amides is 1. The first-order valence-electron chi connectivity index (χ1n) is 8.11. The van der Waals surface area contributed by atoms with E-state index in [1.807, 2.05) is 4.90 Å². The predicted molar refractivity (Wildman–Crippen MR) is 85.3 cm³/mol. The average molecular weight is 332 g/mol. The molecule has 0 aromatic heterocycles. The first-order valence-corrected chi connectivity index (χ1v) is 9.65. The van der Waals surface area contributed by atoms with Gasteiger partial charge in [0.05, 0.1) is 6.54 Å². The number of nitrogens with two attached hydrogens (primary N) is 1. The molecule has 2 heterocycles. The Morgan fingerprint density at radius 2 is 1.91 bits per heavy atom. The molecule has 7 nitrogen and oxygen atoms in total. The quantitative estimate of drug-likeness (QED) is 0.726. The Balaban J connectivity index is 1.76. The Morgan fingerprint density at radius 1 is 1.23 bits per heavy atom. The van der Waals surface area contributed by atoms with Gasteiger partial charge >= 0.3 is 0 Å². The van der Waals surface area contributed by atoms with E-state index in [0.29, 0.717) is 19.0 Å². The summed E-state index contributed by atoms with van der Waals surface area (Å²) in [6.45, 7) is 6.41. The molecule has 1 unspecified atom stereocenters. The molecule has 0 bridgehead atoms. The van der Waals surface area contributed by atoms with Gasteiger partial charge in [0.15, 0.2) is 0 Å². The van der Waals surface area contributed by atoms with Crippen LogP contribution in [-0.4, -0.2) is 63.4 Å². The van der Waals surface area contributed by atoms with Crippen LogP contribution in [0.2, 0.25) is 0 Å². The minimum absolute atomic E-state index is 0.201. The van der Waals surface area contributed by atoms with Crippen LogP contribution in [0.1, 0.15) is 32.6 Å². The van der Waals surface area contributed by atoms with Crippen molar-refractivity contribution in [2.75, 3.05) is 39.3 Å². The van der Waals surface area contributed by atoms with Crippen LogP contribution in [-0.2, 0) is 15.0 Å². The number of nitrogens with one attached hydrogen (secondary N) is 1. The van der Waals surface area contributed by atoms with Gasteiger partial charge < -0.3 is 4.90 Å². The summed E-state index contributed by atoms with van der Waals surface area (Å²) >= 11 is 0. The highest BCUT2D eigenvalue weighted by Crippen LogP contribution is 2.18. The van der Waals surface area contributed by atoms with E-state index < -0.39 is 10.2 Å². The molecule has 0 aromatic carbocycles. The van der Waals surface area contributed by atoms with Gasteiger partial charge in [0.1, 0.15) is 0 Å². The Hall–Kier alpha value is -0.700. The van der Waals surface area contributed by atoms with Crippen molar-refractivity contribution in [3.8, 4) is 0 Å². The van der Waals surface area contributed by atoms with Crippen LogP contribution in [0.5, 0.6) is 0 Å². The van der Waals surface area contributed by atoms with Gasteiger partial charge in [0.25, 0.3) is 10.2 Å². The fourth-order valence-corrected chi connectivity index (χ4v) is 3.71. The SMILES string of the molecule is CC1CCN(C(=O)CN2CCCC(CNS(N)(=O)=O)C2)CC1. The molecule has 2 rings (SSSR count). The van der Waals surface area contributed by atoms with Crippen LogP contribution in [0.15, 0.2) is 0 Å². The maximum absolute atomic E-state index is 12.3. The highest BCUT2D eigenvalue weighted by atomic mass is 32.2. The van der Waals surface area contributed by atoms with Gasteiger partial charge in [-0.15, -0.1) is 0 Å². The van der Waals surface area contributed by atoms with Gasteiger partial charge in [0.2, 0.25) is 5.91 Å². The van der Waals surface area contributed by atoms with Crippen molar-refractivity contribution >= 4 is 16.1 Å². The zero-order valence-electron chi connectivity index (χ0n) is 13.3. The molecule has 3 N–H and O–H groups in total. The molecule has 0 aliphatic carbocycles. The maximum Gasteiger partial charge on any atom is 0.274 e. The van der Waals surface area contributed by atoms with Crippen LogP contribution in [0.25, 0.3) is 0 Å². The summed E-state index contributed by atoms with van der Waals surface area (Å²) in [6.07, 6.45) is 4.13. The van der Waals surface area contributed by atoms with E-state index in [0.717, 1.165) is 51.9 Å². The number of hydrogen-bond acceptors (Lipinski definition) is 4. The topological polar surface area (TPSA) is 95.7 Å². The number of rotatable bonds is 5. The highest BCUT2D eigenvalue weighted by Gasteiger charge is 2.25. The third-order valence-corrected chi connectivity index (χ3v) is 5.24. The third-order valence-electron chi connectivity index (χ3n) is 4.67. The number of carbonyl (C=O) groups is 1. The van der Waals surface area contributed by atoms with Crippen LogP contribution in [0, 0.1) is 11.8 Å². The zero-order chi connectivity index (χ0) is 16.2. The van der Waals surface area contributed by atoms with E-state index in [-0.39, 0.29) is 11.8 Å². The Labute approximate surface area is 133 Å². The summed E-state index contributed by atoms with van der Waals surface area (Å²) in [7, 11) is -3.63. The zero-order valence-corrected chi connectivity index (χ0v) is 14.1. The van der Waals surface area contributed by atoms with E-state index in [9.17, 15) is 13.2 Å². The largest absolute Gasteiger partial charge is 0.342 e. The Morgan fingerprint density at radius 3 is 2.55 bits per heavy atom. The molecular weight excluding hydrogens is 304 g/mol. The van der Waals surface area contributed by atoms with Crippen molar-refractivity contribution in [3.63, 3.8) is 0 Å². The lowest BCUT2D eigenvalue weighted by Gasteiger charge is -2.35. The Kier molecular flexibility index (Phi) is 6.19. The summed E-state index contributed by atoms with van der Waals surface area (Å²) in [5.41, 5.74) is 0. The summed E-state index contributed by atoms with van der Waals surface area (Å²) in [6, 6.07) is 0. The van der Waals surface area contributed by atoms with Crippen molar-refractivity contribution in [2.24, 2.45) is 17.0 Å². The Bertz CT molecular complexity index is 474. The molecule has 0 radical (unpaired) electrons. The van der Waals surface area contributed by atoms with E-state index in [4.69, 9.17) is 5.14 Å². The molecule has 1 atom stereocenters. The van der Waals surface area contributed by atoms with Crippen molar-refractivity contribution in [2.45, 2.75) is 32.6 Å². The second-order valence-corrected chi connectivity index (χ2v) is 8.08. The summed E-state index contributed by atoms with van der Waals surface area (Å²) < 4.78 is 24.3. The normalized spacial score (nSPS) is 25.4. The average Bonchev–Trinajstić information content (AvgIpc) is 2.45. The van der Waals surface area contributed by atoms with Gasteiger partial charge in [-0.3, -0.25) is 9.69 Å². The van der Waals surface area contributed by atoms with Gasteiger partial charge in [-0.25, -0.2) is 9.86 Å². The molecule has 1 amide bonds. The van der Waals surface area contributed by atoms with Gasteiger partial charge in [0, 0.05) is 26.2 Å². The molecule has 128 valence electrons. The third kappa shape index (κ3) is 5.83. The molecule has 2 aliphatic rings. The monoisotopic (exact) mass is 332 g/mol. The molecule has 22 heavy (non-hydrogen) atoms. The van der Waals surface area contributed by atoms with Crippen LogP contribution < -0.4 is 9.86 Å². The summed E-state index contributed by atoms with van der Waals surface area (Å²) in [5.74, 6) is 1.14. The molecular formula is C14H28N4O3S. The molecule has 0 spiro atoms. The smallest absolute Gasteiger partial charge is 0.274 e. The van der Waals surface area contributed by atoms with Gasteiger partial charge in [-0.05, 0) is 44.1 Å².